The van der Waals surface area contributed by atoms with Crippen LogP contribution in [0.2, 0.25) is 0 Å². The second-order valence-electron chi connectivity index (χ2n) is 7.41. The van der Waals surface area contributed by atoms with E-state index in [0.717, 1.165) is 41.6 Å². The summed E-state index contributed by atoms with van der Waals surface area (Å²) in [5.74, 6) is -0.306. The van der Waals surface area contributed by atoms with E-state index in [-0.39, 0.29) is 17.6 Å². The molecule has 0 aliphatic carbocycles. The number of anilines is 1. The number of carbonyl (C=O) groups excluding carboxylic acids is 1. The summed E-state index contributed by atoms with van der Waals surface area (Å²) in [5.41, 5.74) is 1.77. The number of methoxy groups -OCH3 is 1. The smallest absolute Gasteiger partial charge is 0.321 e. The fraction of sp³-hybridized carbons (Fsp3) is 0.381. The highest BCUT2D eigenvalue weighted by molar-refractivity contribution is 5.89. The number of carbonyl (C=O) groups is 1. The molecule has 0 radical (unpaired) electrons. The summed E-state index contributed by atoms with van der Waals surface area (Å²) in [6.45, 7) is 2.33. The predicted molar refractivity (Wildman–Crippen MR) is 108 cm³/mol. The molecule has 7 nitrogen and oxygen atoms in total. The number of hydrogen-bond acceptors (Lipinski definition) is 4. The number of fused-ring (bicyclic) bond motifs is 1. The molecule has 0 saturated carbocycles. The van der Waals surface area contributed by atoms with Crippen LogP contribution in [0.1, 0.15) is 12.2 Å². The molecular formula is C21H23F2N5O2. The summed E-state index contributed by atoms with van der Waals surface area (Å²) >= 11 is 0. The van der Waals surface area contributed by atoms with Gasteiger partial charge in [-0.1, -0.05) is 0 Å². The first-order valence-corrected chi connectivity index (χ1v) is 9.84. The topological polar surface area (TPSA) is 72.3 Å². The average molecular weight is 415 g/mol. The molecule has 30 heavy (non-hydrogen) atoms. The Morgan fingerprint density at radius 1 is 1.30 bits per heavy atom. The molecule has 1 atom stereocenters. The maximum Gasteiger partial charge on any atom is 0.321 e. The second-order valence-corrected chi connectivity index (χ2v) is 7.41. The van der Waals surface area contributed by atoms with Gasteiger partial charge in [-0.2, -0.15) is 0 Å². The van der Waals surface area contributed by atoms with Crippen molar-refractivity contribution in [3.05, 3.63) is 54.0 Å². The minimum atomic E-state index is -0.729. The van der Waals surface area contributed by atoms with Gasteiger partial charge in [0.05, 0.1) is 6.61 Å². The predicted octanol–water partition coefficient (Wildman–Crippen LogP) is 3.45. The molecule has 4 rings (SSSR count). The number of nitrogens with zero attached hydrogens (tertiary/aromatic N) is 4. The molecule has 3 heterocycles. The minimum absolute atomic E-state index is 0.105. The van der Waals surface area contributed by atoms with Gasteiger partial charge >= 0.3 is 6.03 Å². The number of pyridine rings is 1. The van der Waals surface area contributed by atoms with Crippen LogP contribution < -0.4 is 5.32 Å². The van der Waals surface area contributed by atoms with Crippen molar-refractivity contribution in [1.82, 2.24) is 19.4 Å². The van der Waals surface area contributed by atoms with E-state index in [4.69, 9.17) is 9.72 Å². The molecule has 1 N–H and O–H groups in total. The summed E-state index contributed by atoms with van der Waals surface area (Å²) < 4.78 is 34.0. The third kappa shape index (κ3) is 4.40. The molecule has 1 aromatic carbocycles. The third-order valence-corrected chi connectivity index (χ3v) is 5.26. The summed E-state index contributed by atoms with van der Waals surface area (Å²) in [6, 6.07) is 6.39. The van der Waals surface area contributed by atoms with E-state index in [1.54, 1.807) is 18.2 Å². The van der Waals surface area contributed by atoms with Crippen molar-refractivity contribution in [2.24, 2.45) is 5.92 Å². The molecule has 9 heteroatoms. The summed E-state index contributed by atoms with van der Waals surface area (Å²) in [7, 11) is 1.66. The standard InChI is InChI=1S/C21H23F2N5O2/c1-30-8-7-28-19(26-18-3-2-5-24-20(18)28)9-14-4-6-27(13-14)21(29)25-17-11-15(22)10-16(23)12-17/h2-3,5,10-12,14H,4,6-9,13H2,1H3,(H,25,29)/t14-/m1/s1. The maximum absolute atomic E-state index is 13.3. The molecule has 3 aromatic rings. The number of hydrogen-bond donors (Lipinski definition) is 1. The molecule has 158 valence electrons. The van der Waals surface area contributed by atoms with Crippen LogP contribution in [-0.4, -0.2) is 52.3 Å². The van der Waals surface area contributed by atoms with Gasteiger partial charge in [0.25, 0.3) is 0 Å². The summed E-state index contributed by atoms with van der Waals surface area (Å²) in [5, 5.41) is 2.57. The van der Waals surface area contributed by atoms with E-state index in [1.165, 1.54) is 0 Å². The number of aromatic nitrogens is 3. The molecule has 1 aliphatic rings. The Morgan fingerprint density at radius 3 is 2.87 bits per heavy atom. The molecule has 2 aromatic heterocycles. The first-order valence-electron chi connectivity index (χ1n) is 9.84. The number of ether oxygens (including phenoxy) is 1. The largest absolute Gasteiger partial charge is 0.383 e. The average Bonchev–Trinajstić information content (AvgIpc) is 3.30. The molecule has 1 saturated heterocycles. The Labute approximate surface area is 172 Å². The van der Waals surface area contributed by atoms with Gasteiger partial charge in [0.15, 0.2) is 5.65 Å². The van der Waals surface area contributed by atoms with Crippen LogP contribution >= 0.6 is 0 Å². The van der Waals surface area contributed by atoms with Crippen molar-refractivity contribution in [3.63, 3.8) is 0 Å². The Morgan fingerprint density at radius 2 is 2.10 bits per heavy atom. The van der Waals surface area contributed by atoms with E-state index >= 15 is 0 Å². The van der Waals surface area contributed by atoms with Crippen molar-refractivity contribution >= 4 is 22.9 Å². The maximum atomic E-state index is 13.3. The molecule has 1 aliphatic heterocycles. The lowest BCUT2D eigenvalue weighted by Gasteiger charge is -2.18. The van der Waals surface area contributed by atoms with Gasteiger partial charge in [0.1, 0.15) is 23.0 Å². The lowest BCUT2D eigenvalue weighted by Crippen LogP contribution is -2.33. The molecule has 0 spiro atoms. The molecule has 0 unspecified atom stereocenters. The number of likely N-dealkylation sites (tertiary alicyclic amines) is 1. The van der Waals surface area contributed by atoms with Gasteiger partial charge in [0.2, 0.25) is 0 Å². The van der Waals surface area contributed by atoms with Crippen LogP contribution in [-0.2, 0) is 17.7 Å². The zero-order valence-corrected chi connectivity index (χ0v) is 16.6. The third-order valence-electron chi connectivity index (χ3n) is 5.26. The van der Waals surface area contributed by atoms with Crippen LogP contribution in [0.3, 0.4) is 0 Å². The minimum Gasteiger partial charge on any atom is -0.383 e. The van der Waals surface area contributed by atoms with Crippen molar-refractivity contribution in [1.29, 1.82) is 0 Å². The lowest BCUT2D eigenvalue weighted by atomic mass is 10.0. The van der Waals surface area contributed by atoms with Gasteiger partial charge in [0, 0.05) is 51.1 Å². The first kappa shape index (κ1) is 20.2. The lowest BCUT2D eigenvalue weighted by molar-refractivity contribution is 0.187. The van der Waals surface area contributed by atoms with Gasteiger partial charge in [-0.25, -0.2) is 23.5 Å². The number of rotatable bonds is 6. The van der Waals surface area contributed by atoms with Gasteiger partial charge in [-0.3, -0.25) is 0 Å². The van der Waals surface area contributed by atoms with E-state index < -0.39 is 11.6 Å². The fourth-order valence-corrected chi connectivity index (χ4v) is 3.85. The first-order chi connectivity index (χ1) is 14.5. The van der Waals surface area contributed by atoms with Gasteiger partial charge in [-0.05, 0) is 36.6 Å². The van der Waals surface area contributed by atoms with Crippen LogP contribution in [0.5, 0.6) is 0 Å². The van der Waals surface area contributed by atoms with E-state index in [2.05, 4.69) is 14.9 Å². The quantitative estimate of drug-likeness (QED) is 0.669. The highest BCUT2D eigenvalue weighted by Crippen LogP contribution is 2.24. The van der Waals surface area contributed by atoms with Gasteiger partial charge in [-0.15, -0.1) is 0 Å². The zero-order chi connectivity index (χ0) is 21.1. The van der Waals surface area contributed by atoms with Crippen LogP contribution in [0.25, 0.3) is 11.2 Å². The molecule has 2 amide bonds. The van der Waals surface area contributed by atoms with Crippen molar-refractivity contribution in [2.75, 3.05) is 32.1 Å². The van der Waals surface area contributed by atoms with E-state index in [1.807, 2.05) is 12.1 Å². The molecule has 0 bridgehead atoms. The van der Waals surface area contributed by atoms with Crippen LogP contribution in [0, 0.1) is 17.6 Å². The zero-order valence-electron chi connectivity index (χ0n) is 16.6. The Hall–Kier alpha value is -3.07. The Bertz CT molecular complexity index is 1030. The van der Waals surface area contributed by atoms with E-state index in [0.29, 0.717) is 32.7 Å². The number of urea groups is 1. The summed E-state index contributed by atoms with van der Waals surface area (Å²) in [4.78, 5) is 23.3. The highest BCUT2D eigenvalue weighted by atomic mass is 19.1. The Balaban J connectivity index is 1.43. The normalized spacial score (nSPS) is 16.4. The SMILES string of the molecule is COCCn1c(C[C@H]2CCN(C(=O)Nc3cc(F)cc(F)c3)C2)nc2cccnc21. The van der Waals surface area contributed by atoms with Gasteiger partial charge < -0.3 is 19.5 Å². The number of imidazole rings is 1. The molecule has 1 fully saturated rings. The summed E-state index contributed by atoms with van der Waals surface area (Å²) in [6.07, 6.45) is 3.28. The fourth-order valence-electron chi connectivity index (χ4n) is 3.85. The number of nitrogens with one attached hydrogen (secondary N) is 1. The van der Waals surface area contributed by atoms with Crippen LogP contribution in [0.15, 0.2) is 36.5 Å². The number of halogens is 2. The van der Waals surface area contributed by atoms with Crippen molar-refractivity contribution < 1.29 is 18.3 Å². The van der Waals surface area contributed by atoms with E-state index in [9.17, 15) is 13.6 Å². The second kappa shape index (κ2) is 8.74. The Kier molecular flexibility index (Phi) is 5.89. The number of benzene rings is 1. The van der Waals surface area contributed by atoms with Crippen molar-refractivity contribution in [3.8, 4) is 0 Å². The highest BCUT2D eigenvalue weighted by Gasteiger charge is 2.28. The monoisotopic (exact) mass is 415 g/mol. The number of amides is 2. The molecular weight excluding hydrogens is 392 g/mol. The van der Waals surface area contributed by atoms with Crippen molar-refractivity contribution in [2.45, 2.75) is 19.4 Å². The van der Waals surface area contributed by atoms with Crippen LogP contribution in [0.4, 0.5) is 19.3 Å².